The Hall–Kier alpha value is -1.04. The molecule has 1 saturated carbocycles. The first-order chi connectivity index (χ1) is 26.4. The van der Waals surface area contributed by atoms with Crippen molar-refractivity contribution in [3.05, 3.63) is 0 Å². The minimum atomic E-state index is -2.05. The van der Waals surface area contributed by atoms with Crippen LogP contribution in [0, 0.1) is 0 Å². The van der Waals surface area contributed by atoms with Crippen molar-refractivity contribution in [2.45, 2.75) is 159 Å². The maximum atomic E-state index is 11.1. The Morgan fingerprint density at radius 1 is 0.339 bits per heavy atom. The van der Waals surface area contributed by atoms with Crippen LogP contribution in [0.15, 0.2) is 0 Å². The van der Waals surface area contributed by atoms with Gasteiger partial charge in [0.1, 0.15) is 128 Å². The summed E-state index contributed by atoms with van der Waals surface area (Å²) in [6.07, 6.45) is -46.1. The number of ether oxygens (including phenoxy) is 8. The van der Waals surface area contributed by atoms with Crippen LogP contribution in [-0.4, -0.2) is 273 Å². The molecule has 0 amide bonds. The van der Waals surface area contributed by atoms with Gasteiger partial charge in [-0.1, -0.05) is 0 Å². The molecule has 4 heterocycles. The Kier molecular flexibility index (Phi) is 15.7. The predicted molar refractivity (Wildman–Crippen MR) is 169 cm³/mol. The molecule has 0 aromatic heterocycles. The highest BCUT2D eigenvalue weighted by Crippen LogP contribution is 2.34. The summed E-state index contributed by atoms with van der Waals surface area (Å²) in [7, 11) is 0. The molecule has 328 valence electrons. The van der Waals surface area contributed by atoms with Gasteiger partial charge in [-0.2, -0.15) is 0 Å². The average molecular weight is 828 g/mol. The summed E-state index contributed by atoms with van der Waals surface area (Å²) in [5.41, 5.74) is 6.09. The van der Waals surface area contributed by atoms with Crippen LogP contribution in [0.4, 0.5) is 0 Å². The average Bonchev–Trinajstić information content (AvgIpc) is 3.19. The fourth-order valence-corrected chi connectivity index (χ4v) is 7.07. The molecule has 0 bridgehead atoms. The lowest BCUT2D eigenvalue weighted by Gasteiger charge is -2.48. The van der Waals surface area contributed by atoms with E-state index in [1.165, 1.54) is 0 Å². The van der Waals surface area contributed by atoms with Crippen LogP contribution in [0.5, 0.6) is 0 Å². The number of rotatable bonds is 12. The first-order valence-electron chi connectivity index (χ1n) is 17.7. The molecular formula is C30H53NO25. The number of nitrogens with two attached hydrogens (primary N) is 1. The van der Waals surface area contributed by atoms with Crippen LogP contribution in [0.3, 0.4) is 0 Å². The number of hydrogen-bond acceptors (Lipinski definition) is 26. The van der Waals surface area contributed by atoms with Crippen molar-refractivity contribution in [3.63, 3.8) is 0 Å². The van der Waals surface area contributed by atoms with Crippen LogP contribution >= 0.6 is 0 Å². The van der Waals surface area contributed by atoms with Gasteiger partial charge in [-0.05, 0) is 0 Å². The molecule has 0 radical (unpaired) electrons. The Bertz CT molecular complexity index is 1210. The van der Waals surface area contributed by atoms with E-state index in [1.807, 2.05) is 0 Å². The van der Waals surface area contributed by atoms with E-state index < -0.39 is 186 Å². The molecule has 26 nitrogen and oxygen atoms in total. The molecule has 0 aromatic rings. The monoisotopic (exact) mass is 827 g/mol. The maximum Gasteiger partial charge on any atom is 0.187 e. The highest BCUT2D eigenvalue weighted by Gasteiger charge is 2.55. The summed E-state index contributed by atoms with van der Waals surface area (Å²) >= 11 is 0. The first kappa shape index (κ1) is 46.0. The van der Waals surface area contributed by atoms with Gasteiger partial charge in [0, 0.05) is 0 Å². The zero-order valence-corrected chi connectivity index (χ0v) is 29.3. The lowest BCUT2D eigenvalue weighted by molar-refractivity contribution is -0.377. The van der Waals surface area contributed by atoms with Gasteiger partial charge in [-0.3, -0.25) is 0 Å². The molecule has 5 aliphatic rings. The third kappa shape index (κ3) is 9.01. The van der Waals surface area contributed by atoms with Crippen molar-refractivity contribution in [1.29, 1.82) is 0 Å². The molecule has 26 atom stereocenters. The second kappa shape index (κ2) is 19.1. The quantitative estimate of drug-likeness (QED) is 0.0868. The molecule has 5 fully saturated rings. The van der Waals surface area contributed by atoms with E-state index in [2.05, 4.69) is 0 Å². The van der Waals surface area contributed by atoms with Gasteiger partial charge in [-0.15, -0.1) is 0 Å². The molecule has 19 N–H and O–H groups in total. The van der Waals surface area contributed by atoms with E-state index in [1.54, 1.807) is 0 Å². The molecule has 1 aliphatic carbocycles. The van der Waals surface area contributed by atoms with Crippen LogP contribution in [0.1, 0.15) is 0 Å². The molecule has 5 rings (SSSR count). The third-order valence-electron chi connectivity index (χ3n) is 10.6. The molecule has 0 aromatic carbocycles. The summed E-state index contributed by atoms with van der Waals surface area (Å²) in [5.74, 6) is 0. The van der Waals surface area contributed by atoms with Gasteiger partial charge < -0.3 is 130 Å². The fourth-order valence-electron chi connectivity index (χ4n) is 7.07. The van der Waals surface area contributed by atoms with Crippen molar-refractivity contribution in [3.8, 4) is 0 Å². The van der Waals surface area contributed by atoms with E-state index in [4.69, 9.17) is 43.6 Å². The van der Waals surface area contributed by atoms with Crippen molar-refractivity contribution in [2.75, 3.05) is 26.4 Å². The lowest BCUT2D eigenvalue weighted by Crippen LogP contribution is -2.69. The zero-order chi connectivity index (χ0) is 41.5. The van der Waals surface area contributed by atoms with Crippen molar-refractivity contribution < 1.29 is 125 Å². The summed E-state index contributed by atoms with van der Waals surface area (Å²) in [6, 6.07) is -1.64. The Morgan fingerprint density at radius 2 is 0.696 bits per heavy atom. The van der Waals surface area contributed by atoms with E-state index in [-0.39, 0.29) is 0 Å². The van der Waals surface area contributed by atoms with E-state index >= 15 is 0 Å². The number of aliphatic hydroxyl groups excluding tert-OH is 17. The minimum absolute atomic E-state index is 0.813. The Labute approximate surface area is 316 Å². The van der Waals surface area contributed by atoms with Crippen molar-refractivity contribution >= 4 is 0 Å². The topological polar surface area (TPSA) is 444 Å². The third-order valence-corrected chi connectivity index (χ3v) is 10.6. The SMILES string of the molecule is N[C@H]1[C@@H](OC2[C@@H](O)[C@H](O)C(O)[C@@H](O)[C@H]2O)O[C@H](CO)[C@@H](O[C@H]2O[C@H](CO[C@H]3O[C@H](CO)[C@@H](O)[C@H](O)[C@@H]3O[C@H]3O[C@H](CO)[C@@H](O)[C@H](O)[C@@H]3O)[C@@H](O)[C@H](O)[C@@H]2O)[C@@H]1O. The Morgan fingerprint density at radius 3 is 1.21 bits per heavy atom. The number of aliphatic hydroxyl groups is 17. The van der Waals surface area contributed by atoms with Crippen molar-refractivity contribution in [2.24, 2.45) is 5.73 Å². The largest absolute Gasteiger partial charge is 0.394 e. The van der Waals surface area contributed by atoms with Gasteiger partial charge in [-0.25, -0.2) is 0 Å². The van der Waals surface area contributed by atoms with E-state index in [0.29, 0.717) is 0 Å². The highest BCUT2D eigenvalue weighted by atomic mass is 16.8. The van der Waals surface area contributed by atoms with E-state index in [0.717, 1.165) is 0 Å². The maximum absolute atomic E-state index is 11.1. The number of hydrogen-bond donors (Lipinski definition) is 18. The van der Waals surface area contributed by atoms with Crippen LogP contribution in [0.2, 0.25) is 0 Å². The Balaban J connectivity index is 1.27. The van der Waals surface area contributed by atoms with Gasteiger partial charge in [0.05, 0.1) is 32.5 Å². The predicted octanol–water partition coefficient (Wildman–Crippen LogP) is -12.6. The first-order valence-corrected chi connectivity index (χ1v) is 17.7. The molecule has 0 spiro atoms. The van der Waals surface area contributed by atoms with Gasteiger partial charge in [0.2, 0.25) is 0 Å². The van der Waals surface area contributed by atoms with Gasteiger partial charge in [0.25, 0.3) is 0 Å². The van der Waals surface area contributed by atoms with Gasteiger partial charge >= 0.3 is 0 Å². The fraction of sp³-hybridized carbons (Fsp3) is 1.00. The smallest absolute Gasteiger partial charge is 0.187 e. The molecule has 4 saturated heterocycles. The zero-order valence-electron chi connectivity index (χ0n) is 29.3. The summed E-state index contributed by atoms with van der Waals surface area (Å²) in [6.45, 7) is -3.46. The second-order valence-electron chi connectivity index (χ2n) is 14.3. The minimum Gasteiger partial charge on any atom is -0.394 e. The molecule has 26 heteroatoms. The van der Waals surface area contributed by atoms with Crippen LogP contribution in [-0.2, 0) is 37.9 Å². The molecule has 56 heavy (non-hydrogen) atoms. The molecule has 4 aliphatic heterocycles. The van der Waals surface area contributed by atoms with Gasteiger partial charge in [0.15, 0.2) is 25.2 Å². The normalized spacial score (nSPS) is 54.5. The summed E-state index contributed by atoms with van der Waals surface area (Å²) in [5, 5.41) is 175. The highest BCUT2D eigenvalue weighted by molar-refractivity contribution is 5.02. The van der Waals surface area contributed by atoms with Crippen molar-refractivity contribution in [1.82, 2.24) is 0 Å². The van der Waals surface area contributed by atoms with Crippen LogP contribution < -0.4 is 5.73 Å². The standard InChI is InChI=1S/C30H53NO25/c31-9-13(38)24(7(3-34)52-27(9)55-25-20(45)17(42)16(41)18(43)21(25)46)54-29-23(48)15(40)12(37)8(53-29)4-49-30-26(19(44)11(36)6(2-33)51-30)56-28-22(47)14(39)10(35)5(1-32)50-28/h5-30,32-48H,1-4,31H2/t5-,6-,7-,8-,9-,10-,11-,12-,13-,14+,15+,16?,17-,18-,19+,20-,21+,22+,23+,24-,25?,26+,27-,28-,29-,30+/m1/s1. The lowest BCUT2D eigenvalue weighted by atomic mass is 9.84. The molecule has 2 unspecified atom stereocenters. The van der Waals surface area contributed by atoms with Crippen LogP contribution in [0.25, 0.3) is 0 Å². The molecular weight excluding hydrogens is 774 g/mol. The summed E-state index contributed by atoms with van der Waals surface area (Å²) < 4.78 is 44.4. The van der Waals surface area contributed by atoms with E-state index in [9.17, 15) is 86.8 Å². The summed E-state index contributed by atoms with van der Waals surface area (Å²) in [4.78, 5) is 0. The second-order valence-corrected chi connectivity index (χ2v) is 14.3.